The summed E-state index contributed by atoms with van der Waals surface area (Å²) in [5.41, 5.74) is 0.972. The van der Waals surface area contributed by atoms with Crippen molar-refractivity contribution < 1.29 is 17.9 Å². The van der Waals surface area contributed by atoms with Crippen LogP contribution in [0.3, 0.4) is 0 Å². The highest BCUT2D eigenvalue weighted by Crippen LogP contribution is 2.35. The van der Waals surface area contributed by atoms with Crippen LogP contribution in [-0.2, 0) is 14.8 Å². The van der Waals surface area contributed by atoms with Gasteiger partial charge in [-0.3, -0.25) is 14.1 Å². The lowest BCUT2D eigenvalue weighted by Crippen LogP contribution is -2.49. The number of anilines is 2. The zero-order valence-corrected chi connectivity index (χ0v) is 13.9. The molecule has 1 aliphatic rings. The number of fused-ring (bicyclic) bond motifs is 1. The topological polar surface area (TPSA) is 88.6 Å². The molecule has 2 heterocycles. The molecule has 1 atom stereocenters. The SMILES string of the molecule is CCS(=O)(=O)N1C[C@@H](C(=O)Nc2cccnc2)Oc2ccccc21. The summed E-state index contributed by atoms with van der Waals surface area (Å²) < 4.78 is 31.7. The first-order valence-corrected chi connectivity index (χ1v) is 9.09. The second kappa shape index (κ2) is 6.48. The summed E-state index contributed by atoms with van der Waals surface area (Å²) in [4.78, 5) is 16.4. The standard InChI is InChI=1S/C16H17N3O4S/c1-2-24(21,22)19-11-15(23-14-8-4-3-7-13(14)19)16(20)18-12-6-5-9-17-10-12/h3-10,15H,2,11H2,1H3,(H,18,20)/t15-/m0/s1. The maximum atomic E-state index is 12.5. The van der Waals surface area contributed by atoms with Gasteiger partial charge in [-0.1, -0.05) is 12.1 Å². The second-order valence-corrected chi connectivity index (χ2v) is 7.42. The lowest BCUT2D eigenvalue weighted by molar-refractivity contribution is -0.122. The maximum absolute atomic E-state index is 12.5. The molecular formula is C16H17N3O4S. The molecule has 0 radical (unpaired) electrons. The number of ether oxygens (including phenoxy) is 1. The molecule has 0 saturated carbocycles. The van der Waals surface area contributed by atoms with E-state index in [0.29, 0.717) is 17.1 Å². The van der Waals surface area contributed by atoms with Crippen molar-refractivity contribution in [3.8, 4) is 5.75 Å². The Kier molecular flexibility index (Phi) is 4.39. The summed E-state index contributed by atoms with van der Waals surface area (Å²) in [5, 5.41) is 2.68. The highest BCUT2D eigenvalue weighted by Gasteiger charge is 2.35. The van der Waals surface area contributed by atoms with E-state index in [4.69, 9.17) is 4.74 Å². The summed E-state index contributed by atoms with van der Waals surface area (Å²) in [6.07, 6.45) is 2.16. The van der Waals surface area contributed by atoms with Crippen molar-refractivity contribution >= 4 is 27.3 Å². The number of carbonyl (C=O) groups excluding carboxylic acids is 1. The molecule has 126 valence electrons. The predicted molar refractivity (Wildman–Crippen MR) is 90.5 cm³/mol. The van der Waals surface area contributed by atoms with E-state index in [0.717, 1.165) is 0 Å². The maximum Gasteiger partial charge on any atom is 0.267 e. The van der Waals surface area contributed by atoms with Crippen LogP contribution < -0.4 is 14.4 Å². The highest BCUT2D eigenvalue weighted by molar-refractivity contribution is 7.92. The largest absolute Gasteiger partial charge is 0.476 e. The monoisotopic (exact) mass is 347 g/mol. The van der Waals surface area contributed by atoms with E-state index in [1.807, 2.05) is 0 Å². The van der Waals surface area contributed by atoms with Crippen LogP contribution in [-0.4, -0.2) is 37.7 Å². The molecule has 0 fully saturated rings. The van der Waals surface area contributed by atoms with Crippen molar-refractivity contribution in [1.29, 1.82) is 0 Å². The minimum Gasteiger partial charge on any atom is -0.476 e. The van der Waals surface area contributed by atoms with Gasteiger partial charge in [-0.25, -0.2) is 8.42 Å². The summed E-state index contributed by atoms with van der Waals surface area (Å²) >= 11 is 0. The number of nitrogens with one attached hydrogen (secondary N) is 1. The molecule has 24 heavy (non-hydrogen) atoms. The zero-order valence-electron chi connectivity index (χ0n) is 13.0. The first-order chi connectivity index (χ1) is 11.5. The first-order valence-electron chi connectivity index (χ1n) is 7.48. The van der Waals surface area contributed by atoms with Gasteiger partial charge in [-0.15, -0.1) is 0 Å². The van der Waals surface area contributed by atoms with Crippen LogP contribution in [0.25, 0.3) is 0 Å². The van der Waals surface area contributed by atoms with Crippen LogP contribution in [0.15, 0.2) is 48.8 Å². The van der Waals surface area contributed by atoms with Gasteiger partial charge in [0.1, 0.15) is 5.75 Å². The Morgan fingerprint density at radius 2 is 2.12 bits per heavy atom. The second-order valence-electron chi connectivity index (χ2n) is 5.24. The predicted octanol–water partition coefficient (Wildman–Crippen LogP) is 1.64. The van der Waals surface area contributed by atoms with E-state index in [2.05, 4.69) is 10.3 Å². The Hall–Kier alpha value is -2.61. The van der Waals surface area contributed by atoms with Gasteiger partial charge in [0.25, 0.3) is 5.91 Å². The van der Waals surface area contributed by atoms with E-state index in [1.54, 1.807) is 49.5 Å². The first kappa shape index (κ1) is 16.3. The van der Waals surface area contributed by atoms with Crippen LogP contribution in [0.4, 0.5) is 11.4 Å². The number of benzene rings is 1. The van der Waals surface area contributed by atoms with Crippen LogP contribution in [0.2, 0.25) is 0 Å². The Morgan fingerprint density at radius 3 is 2.83 bits per heavy atom. The molecule has 7 nitrogen and oxygen atoms in total. The minimum absolute atomic E-state index is 0.0573. The molecule has 0 bridgehead atoms. The normalized spacial score (nSPS) is 16.9. The third kappa shape index (κ3) is 3.18. The average Bonchev–Trinajstić information content (AvgIpc) is 2.61. The van der Waals surface area contributed by atoms with Crippen molar-refractivity contribution in [1.82, 2.24) is 4.98 Å². The number of amides is 1. The molecule has 0 spiro atoms. The third-order valence-electron chi connectivity index (χ3n) is 3.66. The van der Waals surface area contributed by atoms with Gasteiger partial charge in [0.2, 0.25) is 10.0 Å². The lowest BCUT2D eigenvalue weighted by atomic mass is 10.2. The quantitative estimate of drug-likeness (QED) is 0.908. The molecule has 0 saturated heterocycles. The number of rotatable bonds is 4. The summed E-state index contributed by atoms with van der Waals surface area (Å²) in [5.74, 6) is -0.112. The molecule has 1 amide bonds. The smallest absolute Gasteiger partial charge is 0.267 e. The third-order valence-corrected chi connectivity index (χ3v) is 5.40. The molecule has 2 aromatic rings. The molecule has 8 heteroatoms. The molecule has 0 unspecified atom stereocenters. The van der Waals surface area contributed by atoms with Gasteiger partial charge in [0.15, 0.2) is 6.10 Å². The molecule has 1 aromatic heterocycles. The Balaban J connectivity index is 1.88. The Morgan fingerprint density at radius 1 is 1.33 bits per heavy atom. The number of aromatic nitrogens is 1. The Labute approximate surface area is 140 Å². The van der Waals surface area contributed by atoms with Crippen molar-refractivity contribution in [2.24, 2.45) is 0 Å². The van der Waals surface area contributed by atoms with Crippen LogP contribution in [0, 0.1) is 0 Å². The molecule has 1 aromatic carbocycles. The molecule has 3 rings (SSSR count). The van der Waals surface area contributed by atoms with Crippen LogP contribution in [0.5, 0.6) is 5.75 Å². The van der Waals surface area contributed by atoms with Gasteiger partial charge >= 0.3 is 0 Å². The van der Waals surface area contributed by atoms with Gasteiger partial charge in [-0.05, 0) is 31.2 Å². The number of nitrogens with zero attached hydrogens (tertiary/aromatic N) is 2. The van der Waals surface area contributed by atoms with Crippen LogP contribution in [0.1, 0.15) is 6.92 Å². The fraction of sp³-hybridized carbons (Fsp3) is 0.250. The van der Waals surface area contributed by atoms with Crippen molar-refractivity contribution in [3.05, 3.63) is 48.8 Å². The lowest BCUT2D eigenvalue weighted by Gasteiger charge is -2.34. The van der Waals surface area contributed by atoms with E-state index in [-0.39, 0.29) is 12.3 Å². The molecule has 1 N–H and O–H groups in total. The van der Waals surface area contributed by atoms with Gasteiger partial charge in [0.05, 0.1) is 29.9 Å². The van der Waals surface area contributed by atoms with Crippen LogP contribution >= 0.6 is 0 Å². The van der Waals surface area contributed by atoms with Gasteiger partial charge in [0, 0.05) is 6.20 Å². The number of hydrogen-bond acceptors (Lipinski definition) is 5. The Bertz CT molecular complexity index is 839. The number of pyridine rings is 1. The van der Waals surface area contributed by atoms with Crippen molar-refractivity contribution in [2.75, 3.05) is 21.9 Å². The van der Waals surface area contributed by atoms with Gasteiger partial charge < -0.3 is 10.1 Å². The van der Waals surface area contributed by atoms with E-state index in [1.165, 1.54) is 10.5 Å². The van der Waals surface area contributed by atoms with E-state index in [9.17, 15) is 13.2 Å². The number of sulfonamides is 1. The van der Waals surface area contributed by atoms with E-state index >= 15 is 0 Å². The summed E-state index contributed by atoms with van der Waals surface area (Å²) in [7, 11) is -3.51. The minimum atomic E-state index is -3.51. The fourth-order valence-corrected chi connectivity index (χ4v) is 3.54. The number of hydrogen-bond donors (Lipinski definition) is 1. The molecule has 0 aliphatic carbocycles. The van der Waals surface area contributed by atoms with E-state index < -0.39 is 22.0 Å². The number of carbonyl (C=O) groups is 1. The molecule has 1 aliphatic heterocycles. The average molecular weight is 347 g/mol. The van der Waals surface area contributed by atoms with Crippen molar-refractivity contribution in [3.63, 3.8) is 0 Å². The number of para-hydroxylation sites is 2. The summed E-state index contributed by atoms with van der Waals surface area (Å²) in [6.45, 7) is 1.50. The highest BCUT2D eigenvalue weighted by atomic mass is 32.2. The fourth-order valence-electron chi connectivity index (χ4n) is 2.42. The van der Waals surface area contributed by atoms with Crippen molar-refractivity contribution in [2.45, 2.75) is 13.0 Å². The summed E-state index contributed by atoms with van der Waals surface area (Å²) in [6, 6.07) is 10.2. The van der Waals surface area contributed by atoms with Gasteiger partial charge in [-0.2, -0.15) is 0 Å². The molecular weight excluding hydrogens is 330 g/mol. The zero-order chi connectivity index (χ0) is 17.2.